The van der Waals surface area contributed by atoms with Crippen molar-refractivity contribution in [1.29, 1.82) is 0 Å². The summed E-state index contributed by atoms with van der Waals surface area (Å²) in [4.78, 5) is 0. The third-order valence-electron chi connectivity index (χ3n) is 3.76. The van der Waals surface area contributed by atoms with E-state index in [1.165, 1.54) is 0 Å². The second-order valence-corrected chi connectivity index (χ2v) is 6.43. The fourth-order valence-corrected chi connectivity index (χ4v) is 2.76. The fraction of sp³-hybridized carbons (Fsp3) is 0.143. The molecular formula is C21H19BrO2. The second kappa shape index (κ2) is 8.02. The molecule has 0 fully saturated rings. The highest BCUT2D eigenvalue weighted by Gasteiger charge is 2.08. The quantitative estimate of drug-likeness (QED) is 0.526. The maximum Gasteiger partial charge on any atom is 0.127 e. The van der Waals surface area contributed by atoms with Crippen LogP contribution >= 0.6 is 15.9 Å². The molecule has 0 saturated carbocycles. The van der Waals surface area contributed by atoms with E-state index in [-0.39, 0.29) is 0 Å². The van der Waals surface area contributed by atoms with E-state index in [2.05, 4.69) is 40.2 Å². The molecule has 0 spiro atoms. The largest absolute Gasteiger partial charge is 0.489 e. The molecule has 0 aliphatic heterocycles. The number of halogens is 1. The Morgan fingerprint density at radius 2 is 1.29 bits per heavy atom. The molecule has 3 aromatic carbocycles. The molecule has 0 aliphatic carbocycles. The molecule has 0 N–H and O–H groups in total. The van der Waals surface area contributed by atoms with Gasteiger partial charge in [0.15, 0.2) is 0 Å². The van der Waals surface area contributed by atoms with Gasteiger partial charge in [-0.3, -0.25) is 0 Å². The second-order valence-electron chi connectivity index (χ2n) is 5.58. The van der Waals surface area contributed by atoms with Gasteiger partial charge in [0.1, 0.15) is 24.7 Å². The van der Waals surface area contributed by atoms with Crippen LogP contribution in [0.3, 0.4) is 0 Å². The van der Waals surface area contributed by atoms with E-state index in [0.29, 0.717) is 13.2 Å². The molecule has 3 heteroatoms. The van der Waals surface area contributed by atoms with Crippen LogP contribution in [-0.4, -0.2) is 0 Å². The monoisotopic (exact) mass is 382 g/mol. The van der Waals surface area contributed by atoms with Crippen LogP contribution in [0, 0.1) is 6.92 Å². The van der Waals surface area contributed by atoms with Crippen molar-refractivity contribution >= 4 is 15.9 Å². The lowest BCUT2D eigenvalue weighted by molar-refractivity contribution is 0.288. The molecule has 0 bridgehead atoms. The summed E-state index contributed by atoms with van der Waals surface area (Å²) in [6, 6.07) is 24.2. The van der Waals surface area contributed by atoms with Crippen molar-refractivity contribution in [1.82, 2.24) is 0 Å². The van der Waals surface area contributed by atoms with Crippen LogP contribution in [0.4, 0.5) is 0 Å². The summed E-state index contributed by atoms with van der Waals surface area (Å²) in [7, 11) is 0. The zero-order valence-electron chi connectivity index (χ0n) is 13.5. The van der Waals surface area contributed by atoms with E-state index >= 15 is 0 Å². The molecule has 3 rings (SSSR count). The topological polar surface area (TPSA) is 18.5 Å². The number of hydrogen-bond donors (Lipinski definition) is 0. The van der Waals surface area contributed by atoms with E-state index in [1.54, 1.807) is 0 Å². The summed E-state index contributed by atoms with van der Waals surface area (Å²) in [5.74, 6) is 1.62. The first-order valence-corrected chi connectivity index (χ1v) is 8.65. The molecule has 122 valence electrons. The molecule has 24 heavy (non-hydrogen) atoms. The number of benzene rings is 3. The highest BCUT2D eigenvalue weighted by molar-refractivity contribution is 9.10. The van der Waals surface area contributed by atoms with Gasteiger partial charge in [-0.1, -0.05) is 76.6 Å². The SMILES string of the molecule is Cc1c(Br)cc(OCc2ccccc2)cc1OCc1ccccc1. The van der Waals surface area contributed by atoms with Gasteiger partial charge in [-0.05, 0) is 24.1 Å². The van der Waals surface area contributed by atoms with Crippen molar-refractivity contribution in [2.75, 3.05) is 0 Å². The lowest BCUT2D eigenvalue weighted by atomic mass is 10.2. The van der Waals surface area contributed by atoms with E-state index in [0.717, 1.165) is 32.7 Å². The van der Waals surface area contributed by atoms with Gasteiger partial charge in [0.05, 0.1) is 0 Å². The zero-order chi connectivity index (χ0) is 16.8. The molecular weight excluding hydrogens is 364 g/mol. The predicted molar refractivity (Wildman–Crippen MR) is 100 cm³/mol. The number of ether oxygens (including phenoxy) is 2. The van der Waals surface area contributed by atoms with Crippen LogP contribution in [0.2, 0.25) is 0 Å². The van der Waals surface area contributed by atoms with Crippen molar-refractivity contribution < 1.29 is 9.47 Å². The van der Waals surface area contributed by atoms with E-state index in [1.807, 2.05) is 55.5 Å². The molecule has 0 aromatic heterocycles. The average Bonchev–Trinajstić information content (AvgIpc) is 2.63. The molecule has 0 heterocycles. The highest BCUT2D eigenvalue weighted by Crippen LogP contribution is 2.32. The molecule has 0 radical (unpaired) electrons. The minimum atomic E-state index is 0.536. The smallest absolute Gasteiger partial charge is 0.127 e. The lowest BCUT2D eigenvalue weighted by Crippen LogP contribution is -2.00. The molecule has 0 aliphatic rings. The molecule has 3 aromatic rings. The summed E-state index contributed by atoms with van der Waals surface area (Å²) < 4.78 is 12.9. The first-order valence-electron chi connectivity index (χ1n) is 7.86. The van der Waals surface area contributed by atoms with Crippen molar-refractivity contribution in [2.24, 2.45) is 0 Å². The Morgan fingerprint density at radius 3 is 1.88 bits per heavy atom. The Labute approximate surface area is 151 Å². The van der Waals surface area contributed by atoms with Gasteiger partial charge < -0.3 is 9.47 Å². The van der Waals surface area contributed by atoms with Crippen LogP contribution in [0.1, 0.15) is 16.7 Å². The van der Waals surface area contributed by atoms with Crippen molar-refractivity contribution in [3.8, 4) is 11.5 Å². The Hall–Kier alpha value is -2.26. The Morgan fingerprint density at radius 1 is 0.750 bits per heavy atom. The maximum absolute atomic E-state index is 5.99. The Bertz CT molecular complexity index is 786. The predicted octanol–water partition coefficient (Wildman–Crippen LogP) is 5.92. The molecule has 2 nitrogen and oxygen atoms in total. The molecule has 0 saturated heterocycles. The fourth-order valence-electron chi connectivity index (χ4n) is 2.34. The standard InChI is InChI=1S/C21H19BrO2/c1-16-20(22)12-19(23-14-17-8-4-2-5-9-17)13-21(16)24-15-18-10-6-3-7-11-18/h2-13H,14-15H2,1H3. The number of rotatable bonds is 6. The summed E-state index contributed by atoms with van der Waals surface area (Å²) >= 11 is 3.59. The van der Waals surface area contributed by atoms with Crippen molar-refractivity contribution in [2.45, 2.75) is 20.1 Å². The van der Waals surface area contributed by atoms with E-state index < -0.39 is 0 Å². The van der Waals surface area contributed by atoms with Gasteiger partial charge in [-0.15, -0.1) is 0 Å². The molecule has 0 amide bonds. The average molecular weight is 383 g/mol. The first-order chi connectivity index (χ1) is 11.7. The molecule has 0 unspecified atom stereocenters. The lowest BCUT2D eigenvalue weighted by Gasteiger charge is -2.14. The van der Waals surface area contributed by atoms with E-state index in [4.69, 9.17) is 9.47 Å². The summed E-state index contributed by atoms with van der Waals surface area (Å²) in [6.45, 7) is 3.11. The number of hydrogen-bond acceptors (Lipinski definition) is 2. The minimum Gasteiger partial charge on any atom is -0.489 e. The van der Waals surface area contributed by atoms with Crippen LogP contribution in [0.25, 0.3) is 0 Å². The van der Waals surface area contributed by atoms with Gasteiger partial charge in [-0.2, -0.15) is 0 Å². The third-order valence-corrected chi connectivity index (χ3v) is 4.58. The molecule has 0 atom stereocenters. The van der Waals surface area contributed by atoms with Crippen LogP contribution in [0.5, 0.6) is 11.5 Å². The van der Waals surface area contributed by atoms with Gasteiger partial charge in [0.25, 0.3) is 0 Å². The van der Waals surface area contributed by atoms with Gasteiger partial charge in [0, 0.05) is 16.1 Å². The Kier molecular flexibility index (Phi) is 5.55. The zero-order valence-corrected chi connectivity index (χ0v) is 15.1. The van der Waals surface area contributed by atoms with Gasteiger partial charge in [-0.25, -0.2) is 0 Å². The third kappa shape index (κ3) is 4.39. The first kappa shape index (κ1) is 16.6. The van der Waals surface area contributed by atoms with Crippen LogP contribution in [-0.2, 0) is 13.2 Å². The van der Waals surface area contributed by atoms with Crippen LogP contribution in [0.15, 0.2) is 77.3 Å². The minimum absolute atomic E-state index is 0.536. The van der Waals surface area contributed by atoms with E-state index in [9.17, 15) is 0 Å². The van der Waals surface area contributed by atoms with Gasteiger partial charge in [0.2, 0.25) is 0 Å². The van der Waals surface area contributed by atoms with Crippen molar-refractivity contribution in [3.63, 3.8) is 0 Å². The van der Waals surface area contributed by atoms with Gasteiger partial charge >= 0.3 is 0 Å². The van der Waals surface area contributed by atoms with Crippen molar-refractivity contribution in [3.05, 3.63) is 94.0 Å². The maximum atomic E-state index is 5.99. The Balaban J connectivity index is 1.71. The summed E-state index contributed by atoms with van der Waals surface area (Å²) in [6.07, 6.45) is 0. The van der Waals surface area contributed by atoms with Crippen LogP contribution < -0.4 is 9.47 Å². The summed E-state index contributed by atoms with van der Waals surface area (Å²) in [5, 5.41) is 0. The summed E-state index contributed by atoms with van der Waals surface area (Å²) in [5.41, 5.74) is 3.35. The highest BCUT2D eigenvalue weighted by atomic mass is 79.9. The normalized spacial score (nSPS) is 10.4.